The van der Waals surface area contributed by atoms with Crippen LogP contribution in [0.5, 0.6) is 0 Å². The number of H-pyrrole nitrogens is 1. The number of rotatable bonds is 2. The lowest BCUT2D eigenvalue weighted by molar-refractivity contribution is -0.135. The number of aromatic nitrogens is 4. The summed E-state index contributed by atoms with van der Waals surface area (Å²) in [6.07, 6.45) is 3.88. The highest BCUT2D eigenvalue weighted by Gasteiger charge is 2.28. The Hall–Kier alpha value is -2.15. The van der Waals surface area contributed by atoms with Gasteiger partial charge in [-0.3, -0.25) is 4.79 Å². The van der Waals surface area contributed by atoms with Crippen molar-refractivity contribution in [2.75, 3.05) is 6.54 Å². The molecule has 1 N–H and O–H groups in total. The molecule has 1 aliphatic rings. The molecule has 1 amide bonds. The number of aromatic amines is 1. The van der Waals surface area contributed by atoms with E-state index in [0.29, 0.717) is 6.54 Å². The summed E-state index contributed by atoms with van der Waals surface area (Å²) in [5, 5.41) is 5.25. The van der Waals surface area contributed by atoms with Crippen LogP contribution in [-0.2, 0) is 17.8 Å². The average Bonchev–Trinajstić information content (AvgIpc) is 3.21. The Balaban J connectivity index is 1.65. The van der Waals surface area contributed by atoms with E-state index in [1.54, 1.807) is 11.0 Å². The first kappa shape index (κ1) is 14.4. The zero-order valence-electron chi connectivity index (χ0n) is 12.7. The summed E-state index contributed by atoms with van der Waals surface area (Å²) in [6.45, 7) is 3.21. The fourth-order valence-electron chi connectivity index (χ4n) is 3.19. The van der Waals surface area contributed by atoms with Crippen molar-refractivity contribution in [3.63, 3.8) is 0 Å². The maximum Gasteiger partial charge on any atom is 0.247 e. The lowest BCUT2D eigenvalue weighted by Crippen LogP contribution is -2.39. The van der Waals surface area contributed by atoms with Gasteiger partial charge < -0.3 is 9.88 Å². The van der Waals surface area contributed by atoms with Crippen LogP contribution in [-0.4, -0.2) is 37.1 Å². The first-order valence-corrected chi connectivity index (χ1v) is 8.35. The summed E-state index contributed by atoms with van der Waals surface area (Å²) in [5.41, 5.74) is 3.55. The van der Waals surface area contributed by atoms with Gasteiger partial charge in [-0.2, -0.15) is 5.10 Å². The van der Waals surface area contributed by atoms with Crippen LogP contribution in [0, 0.1) is 0 Å². The molecule has 0 saturated heterocycles. The third kappa shape index (κ3) is 2.35. The number of nitrogens with one attached hydrogen (secondary N) is 1. The molecule has 1 aromatic carbocycles. The van der Waals surface area contributed by atoms with Crippen LogP contribution in [0.25, 0.3) is 10.9 Å². The average molecular weight is 374 g/mol. The fraction of sp³-hybridized carbons (Fsp3) is 0.312. The number of hydrogen-bond acceptors (Lipinski definition) is 3. The van der Waals surface area contributed by atoms with Gasteiger partial charge in [0.05, 0.1) is 5.52 Å². The molecule has 1 aliphatic heterocycles. The SMILES string of the molecule is C[C@H](C(=O)N1CCc2[nH]c3c(Br)cccc3c2C1)n1cncn1. The van der Waals surface area contributed by atoms with E-state index in [4.69, 9.17) is 0 Å². The first-order valence-electron chi connectivity index (χ1n) is 7.56. The lowest BCUT2D eigenvalue weighted by atomic mass is 10.0. The molecule has 0 saturated carbocycles. The van der Waals surface area contributed by atoms with Crippen molar-refractivity contribution in [1.29, 1.82) is 0 Å². The van der Waals surface area contributed by atoms with Crippen LogP contribution in [0.2, 0.25) is 0 Å². The van der Waals surface area contributed by atoms with Crippen LogP contribution >= 0.6 is 15.9 Å². The van der Waals surface area contributed by atoms with Crippen LogP contribution in [0.15, 0.2) is 35.3 Å². The van der Waals surface area contributed by atoms with Crippen LogP contribution < -0.4 is 0 Å². The van der Waals surface area contributed by atoms with Crippen LogP contribution in [0.1, 0.15) is 24.2 Å². The number of halogens is 1. The number of amides is 1. The molecule has 7 heteroatoms. The molecule has 0 bridgehead atoms. The lowest BCUT2D eigenvalue weighted by Gasteiger charge is -2.29. The molecule has 0 fully saturated rings. The first-order chi connectivity index (χ1) is 11.1. The summed E-state index contributed by atoms with van der Waals surface area (Å²) in [4.78, 5) is 22.1. The Morgan fingerprint density at radius 1 is 1.43 bits per heavy atom. The number of fused-ring (bicyclic) bond motifs is 3. The predicted octanol–water partition coefficient (Wildman–Crippen LogP) is 2.67. The van der Waals surface area contributed by atoms with E-state index in [1.807, 2.05) is 24.0 Å². The molecule has 4 rings (SSSR count). The topological polar surface area (TPSA) is 66.8 Å². The molecule has 1 atom stereocenters. The maximum atomic E-state index is 12.7. The molecule has 6 nitrogen and oxygen atoms in total. The molecule has 2 aromatic heterocycles. The normalized spacial score (nSPS) is 15.7. The number of carbonyl (C=O) groups is 1. The highest BCUT2D eigenvalue weighted by Crippen LogP contribution is 2.32. The molecule has 23 heavy (non-hydrogen) atoms. The van der Waals surface area contributed by atoms with Crippen LogP contribution in [0.4, 0.5) is 0 Å². The van der Waals surface area contributed by atoms with E-state index in [9.17, 15) is 4.79 Å². The number of para-hydroxylation sites is 1. The minimum absolute atomic E-state index is 0.0745. The maximum absolute atomic E-state index is 12.7. The monoisotopic (exact) mass is 373 g/mol. The van der Waals surface area contributed by atoms with Gasteiger partial charge in [0.2, 0.25) is 5.91 Å². The number of benzene rings is 1. The van der Waals surface area contributed by atoms with E-state index in [2.05, 4.69) is 37.1 Å². The quantitative estimate of drug-likeness (QED) is 0.750. The minimum atomic E-state index is -0.337. The molecule has 0 radical (unpaired) electrons. The van der Waals surface area contributed by atoms with Crippen molar-refractivity contribution in [1.82, 2.24) is 24.6 Å². The molecule has 3 aromatic rings. The summed E-state index contributed by atoms with van der Waals surface area (Å²) < 4.78 is 2.65. The van der Waals surface area contributed by atoms with Gasteiger partial charge in [0.15, 0.2) is 0 Å². The van der Waals surface area contributed by atoms with Gasteiger partial charge in [-0.25, -0.2) is 9.67 Å². The second kappa shape index (κ2) is 5.49. The zero-order valence-corrected chi connectivity index (χ0v) is 14.2. The van der Waals surface area contributed by atoms with Gasteiger partial charge in [0.1, 0.15) is 18.7 Å². The van der Waals surface area contributed by atoms with Gasteiger partial charge in [-0.15, -0.1) is 0 Å². The Bertz CT molecular complexity index is 870. The van der Waals surface area contributed by atoms with E-state index in [1.165, 1.54) is 23.0 Å². The van der Waals surface area contributed by atoms with Crippen molar-refractivity contribution in [2.24, 2.45) is 0 Å². The van der Waals surface area contributed by atoms with Crippen molar-refractivity contribution in [3.8, 4) is 0 Å². The standard InChI is InChI=1S/C16H16BrN5O/c1-10(22-9-18-8-19-22)16(23)21-6-5-14-12(7-21)11-3-2-4-13(17)15(11)20-14/h2-4,8-10,20H,5-7H2,1H3/t10-/m1/s1. The fourth-order valence-corrected chi connectivity index (χ4v) is 3.65. The third-order valence-electron chi connectivity index (χ3n) is 4.46. The summed E-state index contributed by atoms with van der Waals surface area (Å²) in [5.74, 6) is 0.0745. The van der Waals surface area contributed by atoms with E-state index in [-0.39, 0.29) is 11.9 Å². The van der Waals surface area contributed by atoms with Crippen molar-refractivity contribution < 1.29 is 4.79 Å². The predicted molar refractivity (Wildman–Crippen MR) is 89.9 cm³/mol. The van der Waals surface area contributed by atoms with E-state index < -0.39 is 0 Å². The zero-order chi connectivity index (χ0) is 16.0. The highest BCUT2D eigenvalue weighted by atomic mass is 79.9. The van der Waals surface area contributed by atoms with Crippen LogP contribution in [0.3, 0.4) is 0 Å². The van der Waals surface area contributed by atoms with Crippen molar-refractivity contribution in [3.05, 3.63) is 46.6 Å². The van der Waals surface area contributed by atoms with E-state index in [0.717, 1.165) is 23.0 Å². The molecular formula is C16H16BrN5O. The Morgan fingerprint density at radius 3 is 3.09 bits per heavy atom. The van der Waals surface area contributed by atoms with E-state index >= 15 is 0 Å². The van der Waals surface area contributed by atoms with Gasteiger partial charge in [-0.05, 0) is 28.9 Å². The molecule has 0 aliphatic carbocycles. The number of carbonyl (C=O) groups excluding carboxylic acids is 1. The second-order valence-corrected chi connectivity index (χ2v) is 6.66. The Labute approximate surface area is 141 Å². The number of nitrogens with zero attached hydrogens (tertiary/aromatic N) is 4. The van der Waals surface area contributed by atoms with Crippen molar-refractivity contribution >= 4 is 32.7 Å². The summed E-state index contributed by atoms with van der Waals surface area (Å²) >= 11 is 3.59. The summed E-state index contributed by atoms with van der Waals surface area (Å²) in [6, 6.07) is 5.82. The number of hydrogen-bond donors (Lipinski definition) is 1. The van der Waals surface area contributed by atoms with Gasteiger partial charge in [0, 0.05) is 40.6 Å². The smallest absolute Gasteiger partial charge is 0.247 e. The largest absolute Gasteiger partial charge is 0.357 e. The Morgan fingerprint density at radius 2 is 2.30 bits per heavy atom. The molecule has 0 unspecified atom stereocenters. The minimum Gasteiger partial charge on any atom is -0.357 e. The van der Waals surface area contributed by atoms with Gasteiger partial charge >= 0.3 is 0 Å². The third-order valence-corrected chi connectivity index (χ3v) is 5.12. The second-order valence-electron chi connectivity index (χ2n) is 5.81. The molecule has 0 spiro atoms. The Kier molecular flexibility index (Phi) is 3.45. The van der Waals surface area contributed by atoms with Gasteiger partial charge in [0.25, 0.3) is 0 Å². The summed E-state index contributed by atoms with van der Waals surface area (Å²) in [7, 11) is 0. The van der Waals surface area contributed by atoms with Crippen molar-refractivity contribution in [2.45, 2.75) is 25.9 Å². The van der Waals surface area contributed by atoms with Gasteiger partial charge in [-0.1, -0.05) is 12.1 Å². The molecule has 3 heterocycles. The molecular weight excluding hydrogens is 358 g/mol. The molecule has 118 valence electrons. The highest BCUT2D eigenvalue weighted by molar-refractivity contribution is 9.10.